The molecule has 2 heterocycles. The molecule has 1 N–H and O–H groups in total. The molecule has 1 saturated heterocycles. The Balaban J connectivity index is 1.68. The molecule has 0 radical (unpaired) electrons. The zero-order chi connectivity index (χ0) is 13.9. The van der Waals surface area contributed by atoms with Gasteiger partial charge in [-0.15, -0.1) is 5.10 Å². The van der Waals surface area contributed by atoms with Gasteiger partial charge in [-0.1, -0.05) is 5.10 Å². The summed E-state index contributed by atoms with van der Waals surface area (Å²) in [5, 5.41) is 10.0. The number of nitrogens with one attached hydrogen (secondary N) is 1. The normalized spacial score (nSPS) is 18.1. The Morgan fingerprint density at radius 2 is 2.10 bits per heavy atom. The summed E-state index contributed by atoms with van der Waals surface area (Å²) in [6.45, 7) is 0.671. The van der Waals surface area contributed by atoms with E-state index in [4.69, 9.17) is 9.15 Å². The van der Waals surface area contributed by atoms with E-state index in [0.717, 1.165) is 12.8 Å². The second kappa shape index (κ2) is 5.38. The molecule has 7 heteroatoms. The number of halogens is 1. The minimum absolute atomic E-state index is 0.00447. The van der Waals surface area contributed by atoms with Crippen LogP contribution >= 0.6 is 0 Å². The van der Waals surface area contributed by atoms with Crippen LogP contribution in [0.15, 0.2) is 28.7 Å². The third-order valence-electron chi connectivity index (χ3n) is 2.97. The topological polar surface area (TPSA) is 77.2 Å². The third-order valence-corrected chi connectivity index (χ3v) is 2.97. The van der Waals surface area contributed by atoms with Crippen LogP contribution in [0.2, 0.25) is 0 Å². The number of benzene rings is 1. The maximum Gasteiger partial charge on any atom is 0.322 e. The van der Waals surface area contributed by atoms with Gasteiger partial charge in [0.25, 0.3) is 5.91 Å². The Bertz CT molecular complexity index is 606. The molecule has 0 saturated carbocycles. The lowest BCUT2D eigenvalue weighted by Gasteiger charge is -2.02. The first-order valence-electron chi connectivity index (χ1n) is 6.24. The molecular weight excluding hydrogens is 265 g/mol. The maximum atomic E-state index is 12.8. The summed E-state index contributed by atoms with van der Waals surface area (Å²) in [6.07, 6.45) is 1.58. The van der Waals surface area contributed by atoms with Gasteiger partial charge in [0.05, 0.1) is 0 Å². The average Bonchev–Trinajstić information content (AvgIpc) is 3.09. The van der Waals surface area contributed by atoms with E-state index in [0.29, 0.717) is 18.1 Å². The van der Waals surface area contributed by atoms with Gasteiger partial charge >= 0.3 is 6.01 Å². The van der Waals surface area contributed by atoms with Gasteiger partial charge in [0.15, 0.2) is 0 Å². The minimum Gasteiger partial charge on any atom is -0.405 e. The first kappa shape index (κ1) is 12.7. The van der Waals surface area contributed by atoms with Crippen LogP contribution in [-0.4, -0.2) is 22.7 Å². The Morgan fingerprint density at radius 1 is 1.30 bits per heavy atom. The van der Waals surface area contributed by atoms with Crippen LogP contribution < -0.4 is 5.32 Å². The SMILES string of the molecule is O=C(Nc1nnc([C@@H]2CCCO2)o1)c1ccc(F)cc1. The fourth-order valence-corrected chi connectivity index (χ4v) is 1.96. The van der Waals surface area contributed by atoms with Crippen molar-refractivity contribution < 1.29 is 18.3 Å². The number of hydrogen-bond donors (Lipinski definition) is 1. The van der Waals surface area contributed by atoms with E-state index in [1.165, 1.54) is 24.3 Å². The van der Waals surface area contributed by atoms with Gasteiger partial charge < -0.3 is 9.15 Å². The van der Waals surface area contributed by atoms with E-state index in [9.17, 15) is 9.18 Å². The summed E-state index contributed by atoms with van der Waals surface area (Å²) in [7, 11) is 0. The second-order valence-electron chi connectivity index (χ2n) is 4.41. The number of carbonyl (C=O) groups excluding carboxylic acids is 1. The second-order valence-corrected chi connectivity index (χ2v) is 4.41. The number of anilines is 1. The lowest BCUT2D eigenvalue weighted by molar-refractivity contribution is 0.0893. The Labute approximate surface area is 113 Å². The number of ether oxygens (including phenoxy) is 1. The largest absolute Gasteiger partial charge is 0.405 e. The van der Waals surface area contributed by atoms with Gasteiger partial charge in [0.1, 0.15) is 11.9 Å². The van der Waals surface area contributed by atoms with E-state index >= 15 is 0 Å². The summed E-state index contributed by atoms with van der Waals surface area (Å²) >= 11 is 0. The quantitative estimate of drug-likeness (QED) is 0.931. The highest BCUT2D eigenvalue weighted by Crippen LogP contribution is 2.28. The highest BCUT2D eigenvalue weighted by Gasteiger charge is 2.24. The van der Waals surface area contributed by atoms with Crippen LogP contribution in [0.4, 0.5) is 10.4 Å². The van der Waals surface area contributed by atoms with Crippen molar-refractivity contribution in [2.45, 2.75) is 18.9 Å². The summed E-state index contributed by atoms with van der Waals surface area (Å²) in [6, 6.07) is 5.18. The summed E-state index contributed by atoms with van der Waals surface area (Å²) in [5.74, 6) is -0.482. The van der Waals surface area contributed by atoms with Crippen LogP contribution in [0.25, 0.3) is 0 Å². The fraction of sp³-hybridized carbons (Fsp3) is 0.308. The minimum atomic E-state index is -0.437. The summed E-state index contributed by atoms with van der Waals surface area (Å²) < 4.78 is 23.5. The summed E-state index contributed by atoms with van der Waals surface area (Å²) in [5.41, 5.74) is 0.309. The molecule has 0 unspecified atom stereocenters. The van der Waals surface area contributed by atoms with Crippen molar-refractivity contribution in [3.63, 3.8) is 0 Å². The van der Waals surface area contributed by atoms with Crippen LogP contribution in [0, 0.1) is 5.82 Å². The van der Waals surface area contributed by atoms with Crippen LogP contribution in [-0.2, 0) is 4.74 Å². The maximum absolute atomic E-state index is 12.8. The number of rotatable bonds is 3. The first-order valence-corrected chi connectivity index (χ1v) is 6.24. The molecule has 0 aliphatic carbocycles. The molecule has 1 aromatic heterocycles. The molecule has 1 amide bonds. The Morgan fingerprint density at radius 3 is 2.80 bits per heavy atom. The van der Waals surface area contributed by atoms with Crippen LogP contribution in [0.5, 0.6) is 0 Å². The molecule has 0 bridgehead atoms. The number of aromatic nitrogens is 2. The monoisotopic (exact) mass is 277 g/mol. The van der Waals surface area contributed by atoms with Crippen molar-refractivity contribution in [3.05, 3.63) is 41.5 Å². The van der Waals surface area contributed by atoms with E-state index in [1.54, 1.807) is 0 Å². The Kier molecular flexibility index (Phi) is 3.42. The molecule has 1 atom stereocenters. The highest BCUT2D eigenvalue weighted by atomic mass is 19.1. The molecule has 1 aliphatic rings. The third kappa shape index (κ3) is 2.67. The molecule has 1 aromatic carbocycles. The van der Waals surface area contributed by atoms with Gasteiger partial charge in [-0.25, -0.2) is 4.39 Å². The van der Waals surface area contributed by atoms with Crippen molar-refractivity contribution in [1.82, 2.24) is 10.2 Å². The fourth-order valence-electron chi connectivity index (χ4n) is 1.96. The van der Waals surface area contributed by atoms with Crippen molar-refractivity contribution >= 4 is 11.9 Å². The molecule has 2 aromatic rings. The molecule has 104 valence electrons. The Hall–Kier alpha value is -2.28. The molecule has 1 fully saturated rings. The number of carbonyl (C=O) groups is 1. The molecule has 20 heavy (non-hydrogen) atoms. The van der Waals surface area contributed by atoms with Crippen LogP contribution in [0.3, 0.4) is 0 Å². The molecule has 6 nitrogen and oxygen atoms in total. The van der Waals surface area contributed by atoms with Crippen molar-refractivity contribution in [3.8, 4) is 0 Å². The molecular formula is C13H12FN3O3. The predicted octanol–water partition coefficient (Wildman–Crippen LogP) is 2.31. The van der Waals surface area contributed by atoms with Gasteiger partial charge in [0.2, 0.25) is 5.89 Å². The predicted molar refractivity (Wildman–Crippen MR) is 66.6 cm³/mol. The van der Waals surface area contributed by atoms with Gasteiger partial charge in [0, 0.05) is 12.2 Å². The molecule has 1 aliphatic heterocycles. The lowest BCUT2D eigenvalue weighted by atomic mass is 10.2. The van der Waals surface area contributed by atoms with Gasteiger partial charge in [-0.3, -0.25) is 10.1 Å². The standard InChI is InChI=1S/C13H12FN3O3/c14-9-5-3-8(4-6-9)11(18)15-13-17-16-12(20-13)10-2-1-7-19-10/h3-6,10H,1-2,7H2,(H,15,17,18)/t10-/m0/s1. The zero-order valence-corrected chi connectivity index (χ0v) is 10.5. The van der Waals surface area contributed by atoms with Gasteiger partial charge in [-0.2, -0.15) is 0 Å². The van der Waals surface area contributed by atoms with Crippen molar-refractivity contribution in [1.29, 1.82) is 0 Å². The van der Waals surface area contributed by atoms with Gasteiger partial charge in [-0.05, 0) is 37.1 Å². The molecule has 3 rings (SSSR count). The first-order chi connectivity index (χ1) is 9.72. The lowest BCUT2D eigenvalue weighted by Crippen LogP contribution is -2.12. The van der Waals surface area contributed by atoms with Crippen molar-refractivity contribution in [2.75, 3.05) is 11.9 Å². The zero-order valence-electron chi connectivity index (χ0n) is 10.5. The van der Waals surface area contributed by atoms with E-state index in [2.05, 4.69) is 15.5 Å². The van der Waals surface area contributed by atoms with E-state index in [-0.39, 0.29) is 12.1 Å². The number of amides is 1. The van der Waals surface area contributed by atoms with Crippen LogP contribution in [0.1, 0.15) is 35.2 Å². The smallest absolute Gasteiger partial charge is 0.322 e. The molecule has 0 spiro atoms. The van der Waals surface area contributed by atoms with Crippen molar-refractivity contribution in [2.24, 2.45) is 0 Å². The number of nitrogens with zero attached hydrogens (tertiary/aromatic N) is 2. The highest BCUT2D eigenvalue weighted by molar-refractivity contribution is 6.03. The average molecular weight is 277 g/mol. The summed E-state index contributed by atoms with van der Waals surface area (Å²) in [4.78, 5) is 11.9. The number of hydrogen-bond acceptors (Lipinski definition) is 5. The van der Waals surface area contributed by atoms with E-state index in [1.807, 2.05) is 0 Å². The van der Waals surface area contributed by atoms with E-state index < -0.39 is 11.7 Å².